The quantitative estimate of drug-likeness (QED) is 0.418. The van der Waals surface area contributed by atoms with Crippen LogP contribution < -0.4 is 0 Å². The number of rotatable bonds is 8. The Morgan fingerprint density at radius 2 is 1.90 bits per heavy atom. The molecule has 7 heteroatoms. The first-order valence-electron chi connectivity index (χ1n) is 9.71. The third-order valence-corrected chi connectivity index (χ3v) is 5.84. The van der Waals surface area contributed by atoms with Crippen molar-refractivity contribution < 1.29 is 13.9 Å². The summed E-state index contributed by atoms with van der Waals surface area (Å²) in [5.41, 5.74) is 3.13. The van der Waals surface area contributed by atoms with Crippen LogP contribution in [0.15, 0.2) is 66.2 Å². The van der Waals surface area contributed by atoms with Crippen molar-refractivity contribution >= 4 is 22.2 Å². The Balaban J connectivity index is 1.53. The summed E-state index contributed by atoms with van der Waals surface area (Å²) in [6.07, 6.45) is 2.66. The number of benzene rings is 2. The molecule has 0 bridgehead atoms. The van der Waals surface area contributed by atoms with Crippen LogP contribution in [0.2, 0.25) is 0 Å². The molecule has 0 saturated carbocycles. The maximum absolute atomic E-state index is 14.1. The van der Waals surface area contributed by atoms with Gasteiger partial charge in [-0.3, -0.25) is 9.20 Å². The maximum Gasteiger partial charge on any atom is 0.256 e. The van der Waals surface area contributed by atoms with Gasteiger partial charge in [0.05, 0.1) is 17.9 Å². The number of aromatic nitrogens is 2. The van der Waals surface area contributed by atoms with Gasteiger partial charge in [0, 0.05) is 49.5 Å². The van der Waals surface area contributed by atoms with E-state index in [4.69, 9.17) is 9.72 Å². The maximum atomic E-state index is 14.1. The van der Waals surface area contributed by atoms with Gasteiger partial charge in [0.1, 0.15) is 5.82 Å². The van der Waals surface area contributed by atoms with Gasteiger partial charge in [-0.1, -0.05) is 42.5 Å². The van der Waals surface area contributed by atoms with Gasteiger partial charge in [-0.05, 0) is 12.1 Å². The molecule has 30 heavy (non-hydrogen) atoms. The van der Waals surface area contributed by atoms with Crippen molar-refractivity contribution in [2.45, 2.75) is 6.42 Å². The SMILES string of the molecule is COCCN(CCc1csc2nc(-c3ccccc3)cn12)C(=O)c1ccccc1F. The van der Waals surface area contributed by atoms with Crippen LogP contribution in [0.3, 0.4) is 0 Å². The minimum Gasteiger partial charge on any atom is -0.383 e. The molecule has 0 aliphatic carbocycles. The van der Waals surface area contributed by atoms with Crippen molar-refractivity contribution in [2.24, 2.45) is 0 Å². The molecular formula is C23H22FN3O2S. The number of nitrogens with zero attached hydrogens (tertiary/aromatic N) is 3. The summed E-state index contributed by atoms with van der Waals surface area (Å²) in [7, 11) is 1.59. The number of hydrogen-bond donors (Lipinski definition) is 0. The van der Waals surface area contributed by atoms with Crippen molar-refractivity contribution in [3.8, 4) is 11.3 Å². The second kappa shape index (κ2) is 9.19. The molecule has 0 aliphatic heterocycles. The summed E-state index contributed by atoms with van der Waals surface area (Å²) in [6, 6.07) is 16.1. The highest BCUT2D eigenvalue weighted by molar-refractivity contribution is 7.15. The number of amides is 1. The standard InChI is InChI=1S/C23H22FN3O2S/c1-29-14-13-26(22(28)19-9-5-6-10-20(19)24)12-11-18-16-30-23-25-21(15-27(18)23)17-7-3-2-4-8-17/h2-10,15-16H,11-14H2,1H3. The Morgan fingerprint density at radius 3 is 2.67 bits per heavy atom. The molecule has 154 valence electrons. The largest absolute Gasteiger partial charge is 0.383 e. The van der Waals surface area contributed by atoms with Crippen LogP contribution >= 0.6 is 11.3 Å². The van der Waals surface area contributed by atoms with Gasteiger partial charge in [0.25, 0.3) is 5.91 Å². The highest BCUT2D eigenvalue weighted by atomic mass is 32.1. The first-order valence-corrected chi connectivity index (χ1v) is 10.6. The zero-order chi connectivity index (χ0) is 20.9. The summed E-state index contributed by atoms with van der Waals surface area (Å²) < 4.78 is 21.3. The Hall–Kier alpha value is -3.03. The van der Waals surface area contributed by atoms with Gasteiger partial charge >= 0.3 is 0 Å². The van der Waals surface area contributed by atoms with E-state index in [1.807, 2.05) is 36.5 Å². The van der Waals surface area contributed by atoms with E-state index in [9.17, 15) is 9.18 Å². The lowest BCUT2D eigenvalue weighted by Crippen LogP contribution is -2.36. The molecule has 2 aromatic heterocycles. The summed E-state index contributed by atoms with van der Waals surface area (Å²) in [5, 5.41) is 2.05. The van der Waals surface area contributed by atoms with Crippen LogP contribution in [0.25, 0.3) is 16.2 Å². The number of methoxy groups -OCH3 is 1. The van der Waals surface area contributed by atoms with Crippen LogP contribution in [0.5, 0.6) is 0 Å². The molecule has 2 heterocycles. The monoisotopic (exact) mass is 423 g/mol. The second-order valence-corrected chi connectivity index (χ2v) is 7.72. The lowest BCUT2D eigenvalue weighted by molar-refractivity contribution is 0.0692. The minimum absolute atomic E-state index is 0.0815. The molecule has 0 radical (unpaired) electrons. The molecule has 0 unspecified atom stereocenters. The molecule has 1 amide bonds. The van der Waals surface area contributed by atoms with Crippen molar-refractivity contribution in [3.63, 3.8) is 0 Å². The molecule has 0 aliphatic rings. The molecule has 0 atom stereocenters. The Kier molecular flexibility index (Phi) is 6.21. The van der Waals surface area contributed by atoms with E-state index < -0.39 is 5.82 Å². The lowest BCUT2D eigenvalue weighted by Gasteiger charge is -2.22. The van der Waals surface area contributed by atoms with E-state index in [2.05, 4.69) is 9.78 Å². The molecule has 0 fully saturated rings. The highest BCUT2D eigenvalue weighted by Gasteiger charge is 2.19. The van der Waals surface area contributed by atoms with E-state index in [-0.39, 0.29) is 11.5 Å². The van der Waals surface area contributed by atoms with E-state index in [0.717, 1.165) is 21.9 Å². The van der Waals surface area contributed by atoms with Crippen molar-refractivity contribution in [3.05, 3.63) is 83.2 Å². The van der Waals surface area contributed by atoms with Gasteiger partial charge in [-0.15, -0.1) is 11.3 Å². The van der Waals surface area contributed by atoms with Crippen LogP contribution in [0, 0.1) is 5.82 Å². The lowest BCUT2D eigenvalue weighted by atomic mass is 10.1. The summed E-state index contributed by atoms with van der Waals surface area (Å²) in [5.74, 6) is -0.836. The van der Waals surface area contributed by atoms with Gasteiger partial charge in [0.2, 0.25) is 0 Å². The van der Waals surface area contributed by atoms with Crippen LogP contribution in [-0.4, -0.2) is 47.0 Å². The van der Waals surface area contributed by atoms with Gasteiger partial charge in [0.15, 0.2) is 4.96 Å². The predicted molar refractivity (Wildman–Crippen MR) is 116 cm³/mol. The number of halogens is 1. The summed E-state index contributed by atoms with van der Waals surface area (Å²) in [4.78, 5) is 20.2. The third-order valence-electron chi connectivity index (χ3n) is 4.95. The van der Waals surface area contributed by atoms with Gasteiger partial charge < -0.3 is 9.64 Å². The number of carbonyl (C=O) groups excluding carboxylic acids is 1. The summed E-state index contributed by atoms with van der Waals surface area (Å²) >= 11 is 1.57. The minimum atomic E-state index is -0.509. The van der Waals surface area contributed by atoms with Crippen LogP contribution in [-0.2, 0) is 11.2 Å². The van der Waals surface area contributed by atoms with E-state index >= 15 is 0 Å². The topological polar surface area (TPSA) is 46.8 Å². The Bertz CT molecular complexity index is 1140. The fraction of sp³-hybridized carbons (Fsp3) is 0.217. The molecule has 0 saturated heterocycles. The first-order chi connectivity index (χ1) is 14.7. The Morgan fingerprint density at radius 1 is 1.13 bits per heavy atom. The number of imidazole rings is 1. The molecule has 5 nitrogen and oxygen atoms in total. The zero-order valence-corrected chi connectivity index (χ0v) is 17.4. The van der Waals surface area contributed by atoms with E-state index in [1.54, 1.807) is 35.5 Å². The average Bonchev–Trinajstić information content (AvgIpc) is 3.36. The molecule has 0 spiro atoms. The number of ether oxygens (including phenoxy) is 1. The number of thiazole rings is 1. The highest BCUT2D eigenvalue weighted by Crippen LogP contribution is 2.24. The van der Waals surface area contributed by atoms with E-state index in [1.165, 1.54) is 12.1 Å². The number of fused-ring (bicyclic) bond motifs is 1. The van der Waals surface area contributed by atoms with Gasteiger partial charge in [-0.2, -0.15) is 0 Å². The summed E-state index contributed by atoms with van der Waals surface area (Å²) in [6.45, 7) is 1.25. The number of hydrogen-bond acceptors (Lipinski definition) is 4. The molecule has 2 aromatic carbocycles. The molecular weight excluding hydrogens is 401 g/mol. The van der Waals surface area contributed by atoms with E-state index in [0.29, 0.717) is 26.1 Å². The average molecular weight is 424 g/mol. The second-order valence-electron chi connectivity index (χ2n) is 6.89. The fourth-order valence-corrected chi connectivity index (χ4v) is 4.24. The Labute approximate surface area is 178 Å². The molecule has 4 aromatic rings. The number of carbonyl (C=O) groups is 1. The van der Waals surface area contributed by atoms with Crippen LogP contribution in [0.4, 0.5) is 4.39 Å². The normalized spacial score (nSPS) is 11.1. The van der Waals surface area contributed by atoms with Crippen molar-refractivity contribution in [2.75, 3.05) is 26.8 Å². The molecule has 0 N–H and O–H groups in total. The zero-order valence-electron chi connectivity index (χ0n) is 16.6. The van der Waals surface area contributed by atoms with Gasteiger partial charge in [-0.25, -0.2) is 9.37 Å². The first kappa shape index (κ1) is 20.3. The van der Waals surface area contributed by atoms with Crippen LogP contribution in [0.1, 0.15) is 16.1 Å². The van der Waals surface area contributed by atoms with Crippen molar-refractivity contribution in [1.29, 1.82) is 0 Å². The third kappa shape index (κ3) is 4.27. The predicted octanol–water partition coefficient (Wildman–Crippen LogP) is 4.53. The fourth-order valence-electron chi connectivity index (χ4n) is 3.33. The molecule has 4 rings (SSSR count). The van der Waals surface area contributed by atoms with Crippen molar-refractivity contribution in [1.82, 2.24) is 14.3 Å². The smallest absolute Gasteiger partial charge is 0.256 e.